The van der Waals surface area contributed by atoms with Gasteiger partial charge in [0.15, 0.2) is 6.61 Å². The Balaban J connectivity index is 1.91. The summed E-state index contributed by atoms with van der Waals surface area (Å²) in [5.41, 5.74) is 2.56. The lowest BCUT2D eigenvalue weighted by atomic mass is 10.0. The fourth-order valence-electron chi connectivity index (χ4n) is 2.29. The SMILES string of the molecule is CC(C)c1ccccc1NC(=O)COc1ccc(/C=C/C(=O)[O-])cc1. The lowest BCUT2D eigenvalue weighted by molar-refractivity contribution is -0.297. The number of carboxylic acids is 1. The summed E-state index contributed by atoms with van der Waals surface area (Å²) >= 11 is 0. The molecule has 2 aromatic carbocycles. The van der Waals surface area contributed by atoms with Crippen LogP contribution in [0.25, 0.3) is 6.08 Å². The fraction of sp³-hybridized carbons (Fsp3) is 0.200. The Hall–Kier alpha value is -3.08. The molecule has 5 heteroatoms. The Morgan fingerprint density at radius 1 is 1.12 bits per heavy atom. The van der Waals surface area contributed by atoms with Gasteiger partial charge < -0.3 is 20.0 Å². The van der Waals surface area contributed by atoms with Gasteiger partial charge in [-0.25, -0.2) is 0 Å². The quantitative estimate of drug-likeness (QED) is 0.787. The molecule has 2 rings (SSSR count). The summed E-state index contributed by atoms with van der Waals surface area (Å²) in [4.78, 5) is 22.5. The first-order valence-electron chi connectivity index (χ1n) is 7.96. The number of hydrogen-bond donors (Lipinski definition) is 1. The van der Waals surface area contributed by atoms with Crippen LogP contribution in [-0.2, 0) is 9.59 Å². The van der Waals surface area contributed by atoms with Crippen LogP contribution in [0.1, 0.15) is 30.9 Å². The van der Waals surface area contributed by atoms with Gasteiger partial charge in [-0.1, -0.05) is 50.3 Å². The number of benzene rings is 2. The average Bonchev–Trinajstić information content (AvgIpc) is 2.59. The summed E-state index contributed by atoms with van der Waals surface area (Å²) in [5, 5.41) is 13.2. The summed E-state index contributed by atoms with van der Waals surface area (Å²) in [7, 11) is 0. The largest absolute Gasteiger partial charge is 0.545 e. The topological polar surface area (TPSA) is 78.5 Å². The number of aliphatic carboxylic acids is 1. The van der Waals surface area contributed by atoms with Crippen molar-refractivity contribution in [1.82, 2.24) is 0 Å². The normalized spacial score (nSPS) is 10.8. The van der Waals surface area contributed by atoms with E-state index in [0.29, 0.717) is 17.2 Å². The van der Waals surface area contributed by atoms with Crippen LogP contribution in [0.4, 0.5) is 5.69 Å². The van der Waals surface area contributed by atoms with E-state index in [1.807, 2.05) is 24.3 Å². The van der Waals surface area contributed by atoms with E-state index < -0.39 is 5.97 Å². The lowest BCUT2D eigenvalue weighted by Gasteiger charge is -2.14. The summed E-state index contributed by atoms with van der Waals surface area (Å²) in [6.07, 6.45) is 2.38. The first kappa shape index (κ1) is 18.3. The molecule has 0 unspecified atom stereocenters. The Morgan fingerprint density at radius 2 is 1.80 bits per heavy atom. The number of nitrogens with one attached hydrogen (secondary N) is 1. The summed E-state index contributed by atoms with van der Waals surface area (Å²) < 4.78 is 5.46. The highest BCUT2D eigenvalue weighted by Crippen LogP contribution is 2.23. The number of ether oxygens (including phenoxy) is 1. The molecule has 2 aromatic rings. The standard InChI is InChI=1S/C20H21NO4/c1-14(2)17-5-3-4-6-18(17)21-19(22)13-25-16-10-7-15(8-11-16)9-12-20(23)24/h3-12,14H,13H2,1-2H3,(H,21,22)(H,23,24)/p-1/b12-9+. The number of carbonyl (C=O) groups excluding carboxylic acids is 2. The number of amides is 1. The zero-order valence-electron chi connectivity index (χ0n) is 14.2. The molecule has 0 saturated carbocycles. The summed E-state index contributed by atoms with van der Waals surface area (Å²) in [6, 6.07) is 14.4. The second-order valence-corrected chi connectivity index (χ2v) is 5.80. The summed E-state index contributed by atoms with van der Waals surface area (Å²) in [5.74, 6) is -0.662. The Labute approximate surface area is 146 Å². The van der Waals surface area contributed by atoms with Gasteiger partial charge in [0.05, 0.1) is 5.97 Å². The molecular formula is C20H20NO4-. The van der Waals surface area contributed by atoms with Crippen molar-refractivity contribution in [2.24, 2.45) is 0 Å². The van der Waals surface area contributed by atoms with E-state index >= 15 is 0 Å². The number of carbonyl (C=O) groups is 2. The van der Waals surface area contributed by atoms with Gasteiger partial charge in [-0.2, -0.15) is 0 Å². The highest BCUT2D eigenvalue weighted by Gasteiger charge is 2.09. The zero-order chi connectivity index (χ0) is 18.2. The molecule has 0 spiro atoms. The van der Waals surface area contributed by atoms with Crippen LogP contribution in [0.15, 0.2) is 54.6 Å². The van der Waals surface area contributed by atoms with Gasteiger partial charge >= 0.3 is 0 Å². The van der Waals surface area contributed by atoms with Gasteiger partial charge in [0.25, 0.3) is 5.91 Å². The Morgan fingerprint density at radius 3 is 2.44 bits per heavy atom. The molecule has 0 atom stereocenters. The third kappa shape index (κ3) is 5.80. The van der Waals surface area contributed by atoms with E-state index in [1.54, 1.807) is 24.3 Å². The molecule has 0 aliphatic rings. The molecule has 0 aliphatic carbocycles. The van der Waals surface area contributed by atoms with E-state index in [4.69, 9.17) is 4.74 Å². The molecule has 0 fully saturated rings. The van der Waals surface area contributed by atoms with E-state index in [-0.39, 0.29) is 12.5 Å². The van der Waals surface area contributed by atoms with Crippen LogP contribution in [-0.4, -0.2) is 18.5 Å². The maximum Gasteiger partial charge on any atom is 0.262 e. The van der Waals surface area contributed by atoms with E-state index in [2.05, 4.69) is 19.2 Å². The van der Waals surface area contributed by atoms with Crippen LogP contribution < -0.4 is 15.2 Å². The fourth-order valence-corrected chi connectivity index (χ4v) is 2.29. The molecule has 0 radical (unpaired) electrons. The van der Waals surface area contributed by atoms with Crippen LogP contribution in [0, 0.1) is 0 Å². The van der Waals surface area contributed by atoms with Gasteiger partial charge in [-0.05, 0) is 41.3 Å². The van der Waals surface area contributed by atoms with Gasteiger partial charge in [0, 0.05) is 5.69 Å². The van der Waals surface area contributed by atoms with Gasteiger partial charge in [-0.3, -0.25) is 4.79 Å². The van der Waals surface area contributed by atoms with E-state index in [9.17, 15) is 14.7 Å². The van der Waals surface area contributed by atoms with Crippen molar-refractivity contribution < 1.29 is 19.4 Å². The molecular weight excluding hydrogens is 318 g/mol. The van der Waals surface area contributed by atoms with Crippen molar-refractivity contribution in [3.8, 4) is 5.75 Å². The molecule has 0 aromatic heterocycles. The third-order valence-corrected chi connectivity index (χ3v) is 3.52. The molecule has 1 amide bonds. The van der Waals surface area contributed by atoms with Crippen LogP contribution in [0.5, 0.6) is 5.75 Å². The van der Waals surface area contributed by atoms with Crippen LogP contribution in [0.3, 0.4) is 0 Å². The van der Waals surface area contributed by atoms with Crippen molar-refractivity contribution in [1.29, 1.82) is 0 Å². The minimum absolute atomic E-state index is 0.110. The van der Waals surface area contributed by atoms with Crippen molar-refractivity contribution in [2.75, 3.05) is 11.9 Å². The smallest absolute Gasteiger partial charge is 0.262 e. The van der Waals surface area contributed by atoms with Gasteiger partial charge in [0.2, 0.25) is 0 Å². The molecule has 130 valence electrons. The highest BCUT2D eigenvalue weighted by molar-refractivity contribution is 5.92. The van der Waals surface area contributed by atoms with Crippen molar-refractivity contribution >= 4 is 23.6 Å². The maximum absolute atomic E-state index is 12.1. The van der Waals surface area contributed by atoms with Crippen LogP contribution in [0.2, 0.25) is 0 Å². The molecule has 0 saturated heterocycles. The molecule has 25 heavy (non-hydrogen) atoms. The second kappa shape index (κ2) is 8.68. The van der Waals surface area contributed by atoms with E-state index in [0.717, 1.165) is 17.3 Å². The molecule has 1 N–H and O–H groups in total. The number of carboxylic acid groups (broad SMARTS) is 1. The Bertz CT molecular complexity index is 764. The molecule has 5 nitrogen and oxygen atoms in total. The molecule has 0 aliphatic heterocycles. The molecule has 0 heterocycles. The van der Waals surface area contributed by atoms with Crippen molar-refractivity contribution in [2.45, 2.75) is 19.8 Å². The zero-order valence-corrected chi connectivity index (χ0v) is 14.2. The minimum atomic E-state index is -1.25. The number of anilines is 1. The predicted molar refractivity (Wildman–Crippen MR) is 95.1 cm³/mol. The first-order valence-corrected chi connectivity index (χ1v) is 7.96. The van der Waals surface area contributed by atoms with Crippen LogP contribution >= 0.6 is 0 Å². The number of hydrogen-bond acceptors (Lipinski definition) is 4. The Kier molecular flexibility index (Phi) is 6.34. The molecule has 0 bridgehead atoms. The average molecular weight is 338 g/mol. The monoisotopic (exact) mass is 338 g/mol. The number of para-hydroxylation sites is 1. The lowest BCUT2D eigenvalue weighted by Crippen LogP contribution is -2.21. The maximum atomic E-state index is 12.1. The van der Waals surface area contributed by atoms with Crippen molar-refractivity contribution in [3.05, 3.63) is 65.7 Å². The minimum Gasteiger partial charge on any atom is -0.545 e. The first-order chi connectivity index (χ1) is 12.0. The van der Waals surface area contributed by atoms with Crippen molar-refractivity contribution in [3.63, 3.8) is 0 Å². The predicted octanol–water partition coefficient (Wildman–Crippen LogP) is 2.59. The van der Waals surface area contributed by atoms with Gasteiger partial charge in [0.1, 0.15) is 5.75 Å². The highest BCUT2D eigenvalue weighted by atomic mass is 16.5. The van der Waals surface area contributed by atoms with Gasteiger partial charge in [-0.15, -0.1) is 0 Å². The number of rotatable bonds is 7. The summed E-state index contributed by atoms with van der Waals surface area (Å²) in [6.45, 7) is 4.02. The third-order valence-electron chi connectivity index (χ3n) is 3.52. The van der Waals surface area contributed by atoms with E-state index in [1.165, 1.54) is 6.08 Å². The second-order valence-electron chi connectivity index (χ2n) is 5.80.